The summed E-state index contributed by atoms with van der Waals surface area (Å²) in [6.07, 6.45) is 6.35. The number of aryl methyl sites for hydroxylation is 1. The Morgan fingerprint density at radius 3 is 2.55 bits per heavy atom. The van der Waals surface area contributed by atoms with Crippen molar-refractivity contribution >= 4 is 5.97 Å². The van der Waals surface area contributed by atoms with Crippen LogP contribution >= 0.6 is 0 Å². The number of hydrogen-bond donors (Lipinski definition) is 0. The lowest BCUT2D eigenvalue weighted by atomic mass is 9.89. The van der Waals surface area contributed by atoms with Gasteiger partial charge in [-0.05, 0) is 43.9 Å². The predicted molar refractivity (Wildman–Crippen MR) is 79.2 cm³/mol. The van der Waals surface area contributed by atoms with Crippen LogP contribution in [-0.2, 0) is 11.2 Å². The van der Waals surface area contributed by atoms with E-state index in [1.54, 1.807) is 0 Å². The fourth-order valence-electron chi connectivity index (χ4n) is 2.66. The molecule has 1 fully saturated rings. The molecule has 0 atom stereocenters. The van der Waals surface area contributed by atoms with E-state index in [2.05, 4.69) is 6.92 Å². The Morgan fingerprint density at radius 1 is 1.15 bits per heavy atom. The summed E-state index contributed by atoms with van der Waals surface area (Å²) in [5.74, 6) is 1.19. The van der Waals surface area contributed by atoms with Gasteiger partial charge in [-0.3, -0.25) is 4.79 Å². The first-order chi connectivity index (χ1) is 9.74. The number of rotatable bonds is 5. The monoisotopic (exact) mass is 276 g/mol. The van der Waals surface area contributed by atoms with Gasteiger partial charge in [0.05, 0.1) is 12.5 Å². The van der Waals surface area contributed by atoms with Gasteiger partial charge in [0.2, 0.25) is 0 Å². The van der Waals surface area contributed by atoms with Crippen LogP contribution in [0, 0.1) is 5.92 Å². The summed E-state index contributed by atoms with van der Waals surface area (Å²) >= 11 is 0. The maximum absolute atomic E-state index is 12.2. The first kappa shape index (κ1) is 14.9. The van der Waals surface area contributed by atoms with Gasteiger partial charge in [0.15, 0.2) is 11.5 Å². The highest BCUT2D eigenvalue weighted by Crippen LogP contribution is 2.31. The van der Waals surface area contributed by atoms with Gasteiger partial charge in [-0.25, -0.2) is 0 Å². The minimum Gasteiger partial charge on any atom is -0.490 e. The van der Waals surface area contributed by atoms with Crippen molar-refractivity contribution in [3.63, 3.8) is 0 Å². The minimum atomic E-state index is -0.102. The van der Waals surface area contributed by atoms with Gasteiger partial charge in [0.25, 0.3) is 0 Å². The van der Waals surface area contributed by atoms with Crippen LogP contribution in [0.25, 0.3) is 0 Å². The molecular formula is C17H24O3. The third-order valence-corrected chi connectivity index (χ3v) is 3.87. The van der Waals surface area contributed by atoms with Crippen LogP contribution in [0.15, 0.2) is 18.2 Å². The summed E-state index contributed by atoms with van der Waals surface area (Å²) in [5, 5.41) is 0. The summed E-state index contributed by atoms with van der Waals surface area (Å²) < 4.78 is 11.2. The van der Waals surface area contributed by atoms with E-state index in [0.29, 0.717) is 18.1 Å². The number of esters is 1. The zero-order valence-corrected chi connectivity index (χ0v) is 12.5. The molecule has 1 aromatic rings. The summed E-state index contributed by atoms with van der Waals surface area (Å²) in [6.45, 7) is 4.60. The van der Waals surface area contributed by atoms with Crippen molar-refractivity contribution in [2.24, 2.45) is 5.92 Å². The number of ether oxygens (including phenoxy) is 2. The average molecular weight is 276 g/mol. The van der Waals surface area contributed by atoms with E-state index < -0.39 is 0 Å². The van der Waals surface area contributed by atoms with Gasteiger partial charge in [-0.15, -0.1) is 0 Å². The second-order valence-corrected chi connectivity index (χ2v) is 5.32. The first-order valence-corrected chi connectivity index (χ1v) is 7.72. The zero-order chi connectivity index (χ0) is 14.4. The highest BCUT2D eigenvalue weighted by Gasteiger charge is 2.24. The van der Waals surface area contributed by atoms with Crippen molar-refractivity contribution in [2.45, 2.75) is 52.4 Å². The molecule has 0 radical (unpaired) electrons. The molecule has 0 unspecified atom stereocenters. The second-order valence-electron chi connectivity index (χ2n) is 5.32. The van der Waals surface area contributed by atoms with Gasteiger partial charge >= 0.3 is 5.97 Å². The summed E-state index contributed by atoms with van der Waals surface area (Å²) in [6, 6.07) is 5.81. The Hall–Kier alpha value is -1.51. The summed E-state index contributed by atoms with van der Waals surface area (Å²) in [7, 11) is 0. The lowest BCUT2D eigenvalue weighted by Crippen LogP contribution is -2.23. The van der Waals surface area contributed by atoms with Crippen molar-refractivity contribution in [1.82, 2.24) is 0 Å². The molecule has 110 valence electrons. The molecule has 0 aliphatic heterocycles. The molecule has 3 heteroatoms. The van der Waals surface area contributed by atoms with Crippen molar-refractivity contribution in [1.29, 1.82) is 0 Å². The standard InChI is InChI=1S/C17H24O3/c1-3-13-10-11-15(16(12-13)19-4-2)20-17(18)14-8-6-5-7-9-14/h10-12,14H,3-9H2,1-2H3. The van der Waals surface area contributed by atoms with Gasteiger partial charge in [0, 0.05) is 0 Å². The SMILES string of the molecule is CCOc1cc(CC)ccc1OC(=O)C1CCCCC1. The molecule has 1 saturated carbocycles. The third-order valence-electron chi connectivity index (χ3n) is 3.87. The normalized spacial score (nSPS) is 15.9. The van der Waals surface area contributed by atoms with E-state index in [-0.39, 0.29) is 11.9 Å². The summed E-state index contributed by atoms with van der Waals surface area (Å²) in [4.78, 5) is 12.2. The molecule has 0 amide bonds. The molecule has 0 saturated heterocycles. The lowest BCUT2D eigenvalue weighted by Gasteiger charge is -2.20. The number of benzene rings is 1. The van der Waals surface area contributed by atoms with E-state index in [4.69, 9.17) is 9.47 Å². The molecule has 20 heavy (non-hydrogen) atoms. The largest absolute Gasteiger partial charge is 0.490 e. The van der Waals surface area contributed by atoms with E-state index in [0.717, 1.165) is 32.1 Å². The van der Waals surface area contributed by atoms with E-state index >= 15 is 0 Å². The molecule has 2 rings (SSSR count). The van der Waals surface area contributed by atoms with Gasteiger partial charge in [-0.1, -0.05) is 32.3 Å². The number of carbonyl (C=O) groups excluding carboxylic acids is 1. The molecule has 0 heterocycles. The molecular weight excluding hydrogens is 252 g/mol. The van der Waals surface area contributed by atoms with Crippen LogP contribution in [-0.4, -0.2) is 12.6 Å². The molecule has 0 spiro atoms. The average Bonchev–Trinajstić information content (AvgIpc) is 2.50. The minimum absolute atomic E-state index is 0.0593. The predicted octanol–water partition coefficient (Wildman–Crippen LogP) is 4.13. The molecule has 3 nitrogen and oxygen atoms in total. The van der Waals surface area contributed by atoms with E-state index in [1.165, 1.54) is 12.0 Å². The third kappa shape index (κ3) is 3.75. The van der Waals surface area contributed by atoms with Crippen LogP contribution in [0.5, 0.6) is 11.5 Å². The van der Waals surface area contributed by atoms with Crippen LogP contribution in [0.2, 0.25) is 0 Å². The number of carbonyl (C=O) groups is 1. The topological polar surface area (TPSA) is 35.5 Å². The fourth-order valence-corrected chi connectivity index (χ4v) is 2.66. The van der Waals surface area contributed by atoms with Crippen LogP contribution in [0.1, 0.15) is 51.5 Å². The number of hydrogen-bond acceptors (Lipinski definition) is 3. The Balaban J connectivity index is 2.08. The van der Waals surface area contributed by atoms with Crippen molar-refractivity contribution in [2.75, 3.05) is 6.61 Å². The van der Waals surface area contributed by atoms with Crippen molar-refractivity contribution in [3.05, 3.63) is 23.8 Å². The van der Waals surface area contributed by atoms with Crippen LogP contribution in [0.3, 0.4) is 0 Å². The van der Waals surface area contributed by atoms with Crippen LogP contribution in [0.4, 0.5) is 0 Å². The van der Waals surface area contributed by atoms with Crippen LogP contribution < -0.4 is 9.47 Å². The Labute approximate surface area is 121 Å². The Morgan fingerprint density at radius 2 is 1.90 bits per heavy atom. The lowest BCUT2D eigenvalue weighted by molar-refractivity contribution is -0.140. The Kier molecular flexibility index (Phi) is 5.45. The van der Waals surface area contributed by atoms with Gasteiger partial charge in [-0.2, -0.15) is 0 Å². The molecule has 0 N–H and O–H groups in total. The molecule has 0 aromatic heterocycles. The zero-order valence-electron chi connectivity index (χ0n) is 12.5. The molecule has 1 aliphatic rings. The fraction of sp³-hybridized carbons (Fsp3) is 0.588. The maximum atomic E-state index is 12.2. The highest BCUT2D eigenvalue weighted by atomic mass is 16.6. The van der Waals surface area contributed by atoms with E-state index in [9.17, 15) is 4.79 Å². The smallest absolute Gasteiger partial charge is 0.314 e. The first-order valence-electron chi connectivity index (χ1n) is 7.72. The molecule has 1 aromatic carbocycles. The van der Waals surface area contributed by atoms with Gasteiger partial charge < -0.3 is 9.47 Å². The molecule has 1 aliphatic carbocycles. The quantitative estimate of drug-likeness (QED) is 0.599. The summed E-state index contributed by atoms with van der Waals surface area (Å²) in [5.41, 5.74) is 1.19. The maximum Gasteiger partial charge on any atom is 0.314 e. The highest BCUT2D eigenvalue weighted by molar-refractivity contribution is 5.76. The van der Waals surface area contributed by atoms with Crippen molar-refractivity contribution in [3.8, 4) is 11.5 Å². The van der Waals surface area contributed by atoms with Crippen molar-refractivity contribution < 1.29 is 14.3 Å². The molecule has 0 bridgehead atoms. The van der Waals surface area contributed by atoms with E-state index in [1.807, 2.05) is 25.1 Å². The van der Waals surface area contributed by atoms with Gasteiger partial charge in [0.1, 0.15) is 0 Å². The Bertz CT molecular complexity index is 448. The second kappa shape index (κ2) is 7.32.